The molecule has 0 saturated heterocycles. The Kier molecular flexibility index (Phi) is 26.7. The van der Waals surface area contributed by atoms with E-state index in [-0.39, 0.29) is 19.6 Å². The van der Waals surface area contributed by atoms with Crippen molar-refractivity contribution in [3.05, 3.63) is 0 Å². The predicted octanol–water partition coefficient (Wildman–Crippen LogP) is 7.79. The molecule has 9 heteroatoms. The van der Waals surface area contributed by atoms with E-state index in [1.165, 1.54) is 103 Å². The first-order valence-electron chi connectivity index (χ1n) is 15.0. The molecule has 0 aromatic rings. The van der Waals surface area contributed by atoms with Gasteiger partial charge in [0.05, 0.1) is 13.2 Å². The molecule has 37 heavy (non-hydrogen) atoms. The molecule has 0 aromatic heterocycles. The predicted molar refractivity (Wildman–Crippen MR) is 149 cm³/mol. The van der Waals surface area contributed by atoms with Crippen LogP contribution in [0.1, 0.15) is 142 Å². The number of hydrogen-bond acceptors (Lipinski definition) is 5. The molecule has 0 fully saturated rings. The Morgan fingerprint density at radius 3 is 1.51 bits per heavy atom. The fraction of sp³-hybridized carbons (Fsp3) is 0.964. The van der Waals surface area contributed by atoms with Crippen LogP contribution in [-0.4, -0.2) is 53.4 Å². The number of rotatable bonds is 30. The van der Waals surface area contributed by atoms with Crippen LogP contribution in [0.15, 0.2) is 0 Å². The highest BCUT2D eigenvalue weighted by Gasteiger charge is 2.19. The maximum Gasteiger partial charge on any atom is 0.469 e. The molecule has 0 aliphatic carbocycles. The van der Waals surface area contributed by atoms with E-state index >= 15 is 0 Å². The minimum absolute atomic E-state index is 0.0723. The molecule has 0 aromatic carbocycles. The van der Waals surface area contributed by atoms with Crippen molar-refractivity contribution in [2.75, 3.05) is 26.4 Å². The van der Waals surface area contributed by atoms with Crippen LogP contribution in [0.2, 0.25) is 0 Å². The van der Waals surface area contributed by atoms with Gasteiger partial charge in [0.25, 0.3) is 0 Å². The quantitative estimate of drug-likeness (QED) is 0.0609. The smallest absolute Gasteiger partial charge is 0.469 e. The summed E-state index contributed by atoms with van der Waals surface area (Å²) >= 11 is 0. The zero-order valence-corrected chi connectivity index (χ0v) is 24.5. The van der Waals surface area contributed by atoms with Crippen LogP contribution in [0.3, 0.4) is 0 Å². The van der Waals surface area contributed by atoms with E-state index in [1.54, 1.807) is 0 Å². The number of carboxylic acids is 1. The number of hydrogen-bond donors (Lipinski definition) is 3. The van der Waals surface area contributed by atoms with E-state index in [4.69, 9.17) is 24.4 Å². The van der Waals surface area contributed by atoms with Gasteiger partial charge in [-0.25, -0.2) is 4.57 Å². The molecule has 1 atom stereocenters. The zero-order chi connectivity index (χ0) is 27.5. The summed E-state index contributed by atoms with van der Waals surface area (Å²) in [4.78, 5) is 28.4. The largest absolute Gasteiger partial charge is 0.481 e. The van der Waals surface area contributed by atoms with Crippen LogP contribution >= 0.6 is 7.82 Å². The summed E-state index contributed by atoms with van der Waals surface area (Å²) in [7, 11) is -4.57. The van der Waals surface area contributed by atoms with Gasteiger partial charge in [0.15, 0.2) is 0 Å². The van der Waals surface area contributed by atoms with Gasteiger partial charge in [-0.05, 0) is 19.3 Å². The van der Waals surface area contributed by atoms with Crippen LogP contribution < -0.4 is 0 Å². The molecule has 1 unspecified atom stereocenters. The fourth-order valence-corrected chi connectivity index (χ4v) is 4.63. The van der Waals surface area contributed by atoms with Crippen molar-refractivity contribution in [1.82, 2.24) is 0 Å². The van der Waals surface area contributed by atoms with Crippen LogP contribution in [0.25, 0.3) is 0 Å². The van der Waals surface area contributed by atoms with Gasteiger partial charge in [-0.2, -0.15) is 0 Å². The molecule has 0 aliphatic rings. The number of aliphatic carboxylic acids is 1. The van der Waals surface area contributed by atoms with Crippen molar-refractivity contribution < 1.29 is 38.3 Å². The van der Waals surface area contributed by atoms with Gasteiger partial charge >= 0.3 is 13.8 Å². The van der Waals surface area contributed by atoms with Gasteiger partial charge in [0.2, 0.25) is 0 Å². The molecular formula is C28H57O8P. The normalized spacial score (nSPS) is 12.7. The Morgan fingerprint density at radius 2 is 1.08 bits per heavy atom. The first kappa shape index (κ1) is 36.5. The van der Waals surface area contributed by atoms with Crippen LogP contribution in [0.5, 0.6) is 0 Å². The lowest BCUT2D eigenvalue weighted by atomic mass is 10.0. The van der Waals surface area contributed by atoms with Crippen molar-refractivity contribution in [2.24, 2.45) is 0 Å². The standard InChI is InChI=1S/C28H57O8P/c1-2-3-4-5-6-7-8-9-10-11-12-13-14-15-16-17-18-20-23-34-25-27(26-36-37(31,32)33)35-24-21-19-22-28(29)30/h27H,2-26H2,1H3,(H,29,30)(H2,31,32,33). The summed E-state index contributed by atoms with van der Waals surface area (Å²) < 4.78 is 26.7. The summed E-state index contributed by atoms with van der Waals surface area (Å²) in [6, 6.07) is 0. The number of unbranched alkanes of at least 4 members (excludes halogenated alkanes) is 18. The van der Waals surface area contributed by atoms with E-state index in [1.807, 2.05) is 0 Å². The summed E-state index contributed by atoms with van der Waals surface area (Å²) in [5.41, 5.74) is 0. The SMILES string of the molecule is CCCCCCCCCCCCCCCCCCCCOCC(COP(=O)(O)O)OCCCCC(=O)O. The highest BCUT2D eigenvalue weighted by Crippen LogP contribution is 2.35. The summed E-state index contributed by atoms with van der Waals surface area (Å²) in [6.45, 7) is 3.07. The maximum absolute atomic E-state index is 11.0. The van der Waals surface area contributed by atoms with Gasteiger partial charge in [0.1, 0.15) is 6.10 Å². The van der Waals surface area contributed by atoms with Crippen LogP contribution in [-0.2, 0) is 23.4 Å². The summed E-state index contributed by atoms with van der Waals surface area (Å²) in [5, 5.41) is 8.66. The van der Waals surface area contributed by atoms with Crippen LogP contribution in [0.4, 0.5) is 0 Å². The third kappa shape index (κ3) is 31.6. The molecule has 0 heterocycles. The lowest BCUT2D eigenvalue weighted by Gasteiger charge is -2.18. The molecule has 0 aliphatic heterocycles. The highest BCUT2D eigenvalue weighted by atomic mass is 31.2. The van der Waals surface area contributed by atoms with Gasteiger partial charge in [-0.3, -0.25) is 9.32 Å². The molecule has 3 N–H and O–H groups in total. The van der Waals surface area contributed by atoms with E-state index in [0.29, 0.717) is 26.1 Å². The van der Waals surface area contributed by atoms with Crippen LogP contribution in [0, 0.1) is 0 Å². The fourth-order valence-electron chi connectivity index (χ4n) is 4.27. The van der Waals surface area contributed by atoms with E-state index < -0.39 is 19.9 Å². The Balaban J connectivity index is 3.53. The molecule has 8 nitrogen and oxygen atoms in total. The number of ether oxygens (including phenoxy) is 2. The van der Waals surface area contributed by atoms with Crippen molar-refractivity contribution in [3.8, 4) is 0 Å². The summed E-state index contributed by atoms with van der Waals surface area (Å²) in [6.07, 6.45) is 24.4. The van der Waals surface area contributed by atoms with Gasteiger partial charge in [-0.1, -0.05) is 116 Å². The molecule has 0 rings (SSSR count). The Hall–Kier alpha value is -0.500. The average Bonchev–Trinajstić information content (AvgIpc) is 2.84. The molecule has 0 spiro atoms. The number of carboxylic acid groups (broad SMARTS) is 1. The van der Waals surface area contributed by atoms with E-state index in [0.717, 1.165) is 12.8 Å². The lowest BCUT2D eigenvalue weighted by molar-refractivity contribution is -0.137. The summed E-state index contributed by atoms with van der Waals surface area (Å²) in [5.74, 6) is -0.853. The number of carbonyl (C=O) groups is 1. The maximum atomic E-state index is 11.0. The molecule has 0 radical (unpaired) electrons. The molecule has 0 amide bonds. The van der Waals surface area contributed by atoms with Gasteiger partial charge in [0, 0.05) is 19.6 Å². The Bertz CT molecular complexity index is 540. The van der Waals surface area contributed by atoms with Crippen molar-refractivity contribution in [3.63, 3.8) is 0 Å². The zero-order valence-electron chi connectivity index (χ0n) is 23.6. The molecule has 0 bridgehead atoms. The second kappa shape index (κ2) is 27.1. The van der Waals surface area contributed by atoms with Crippen molar-refractivity contribution >= 4 is 13.8 Å². The molecular weight excluding hydrogens is 495 g/mol. The monoisotopic (exact) mass is 552 g/mol. The minimum Gasteiger partial charge on any atom is -0.481 e. The first-order valence-corrected chi connectivity index (χ1v) is 16.5. The van der Waals surface area contributed by atoms with Gasteiger partial charge in [-0.15, -0.1) is 0 Å². The average molecular weight is 553 g/mol. The Morgan fingerprint density at radius 1 is 0.649 bits per heavy atom. The highest BCUT2D eigenvalue weighted by molar-refractivity contribution is 7.46. The molecule has 222 valence electrons. The Labute approximate surface area is 226 Å². The number of phosphoric ester groups is 1. The topological polar surface area (TPSA) is 123 Å². The first-order chi connectivity index (χ1) is 17.8. The lowest BCUT2D eigenvalue weighted by Crippen LogP contribution is -2.26. The third-order valence-corrected chi connectivity index (χ3v) is 7.00. The molecule has 0 saturated carbocycles. The van der Waals surface area contributed by atoms with Gasteiger partial charge < -0.3 is 24.4 Å². The second-order valence-electron chi connectivity index (χ2n) is 10.2. The third-order valence-electron chi connectivity index (χ3n) is 6.51. The minimum atomic E-state index is -4.57. The van der Waals surface area contributed by atoms with E-state index in [2.05, 4.69) is 11.4 Å². The van der Waals surface area contributed by atoms with E-state index in [9.17, 15) is 9.36 Å². The van der Waals surface area contributed by atoms with Crippen molar-refractivity contribution in [2.45, 2.75) is 148 Å². The number of phosphoric acid groups is 1. The second-order valence-corrected chi connectivity index (χ2v) is 11.5. The van der Waals surface area contributed by atoms with Crippen molar-refractivity contribution in [1.29, 1.82) is 0 Å².